The van der Waals surface area contributed by atoms with Crippen molar-refractivity contribution in [2.45, 2.75) is 18.9 Å². The second-order valence-corrected chi connectivity index (χ2v) is 4.86. The Bertz CT molecular complexity index is 523. The molecular formula is C13H16N2O5. The molecule has 1 heterocycles. The van der Waals surface area contributed by atoms with Gasteiger partial charge in [-0.15, -0.1) is 0 Å². The topological polar surface area (TPSA) is 92.9 Å². The number of non-ortho nitro benzene ring substituents is 1. The first kappa shape index (κ1) is 14.3. The molecule has 108 valence electrons. The van der Waals surface area contributed by atoms with E-state index in [-0.39, 0.29) is 23.1 Å². The first-order chi connectivity index (χ1) is 9.47. The average molecular weight is 280 g/mol. The lowest BCUT2D eigenvalue weighted by Gasteiger charge is -2.29. The molecule has 0 aliphatic carbocycles. The van der Waals surface area contributed by atoms with E-state index in [2.05, 4.69) is 4.90 Å². The predicted octanol–water partition coefficient (Wildman–Crippen LogP) is 1.77. The molecule has 7 heteroatoms. The molecule has 0 unspecified atom stereocenters. The fraction of sp³-hybridized carbons (Fsp3) is 0.462. The van der Waals surface area contributed by atoms with Crippen LogP contribution >= 0.6 is 0 Å². The van der Waals surface area contributed by atoms with Crippen molar-refractivity contribution < 1.29 is 19.6 Å². The summed E-state index contributed by atoms with van der Waals surface area (Å²) >= 11 is 0. The van der Waals surface area contributed by atoms with Crippen molar-refractivity contribution in [2.75, 3.05) is 20.1 Å². The van der Waals surface area contributed by atoms with Gasteiger partial charge in [-0.05, 0) is 26.0 Å². The Hall–Kier alpha value is -2.15. The van der Waals surface area contributed by atoms with Crippen molar-refractivity contribution in [1.82, 2.24) is 4.90 Å². The van der Waals surface area contributed by atoms with E-state index in [0.717, 1.165) is 32.0 Å². The Morgan fingerprint density at radius 2 is 2.10 bits per heavy atom. The standard InChI is InChI=1S/C13H16N2O5/c1-14-6-4-10(5-7-14)20-12-3-2-9(15(18)19)8-11(12)13(16)17/h2-3,8,10H,4-7H2,1H3,(H,16,17). The van der Waals surface area contributed by atoms with Crippen LogP contribution in [0.5, 0.6) is 5.75 Å². The third-order valence-corrected chi connectivity index (χ3v) is 3.36. The lowest BCUT2D eigenvalue weighted by Crippen LogP contribution is -2.35. The summed E-state index contributed by atoms with van der Waals surface area (Å²) in [6.45, 7) is 1.78. The highest BCUT2D eigenvalue weighted by Gasteiger charge is 2.22. The molecule has 0 bridgehead atoms. The zero-order valence-electron chi connectivity index (χ0n) is 11.1. The van der Waals surface area contributed by atoms with Gasteiger partial charge in [0.25, 0.3) is 5.69 Å². The molecule has 2 rings (SSSR count). The third kappa shape index (κ3) is 3.24. The number of ether oxygens (including phenoxy) is 1. The van der Waals surface area contributed by atoms with Crippen molar-refractivity contribution in [3.8, 4) is 5.75 Å². The summed E-state index contributed by atoms with van der Waals surface area (Å²) in [4.78, 5) is 23.4. The highest BCUT2D eigenvalue weighted by atomic mass is 16.6. The Kier molecular flexibility index (Phi) is 4.19. The molecular weight excluding hydrogens is 264 g/mol. The Morgan fingerprint density at radius 3 is 2.65 bits per heavy atom. The predicted molar refractivity (Wildman–Crippen MR) is 71.2 cm³/mol. The molecule has 7 nitrogen and oxygen atoms in total. The second kappa shape index (κ2) is 5.87. The maximum absolute atomic E-state index is 11.2. The molecule has 1 aliphatic rings. The lowest BCUT2D eigenvalue weighted by atomic mass is 10.1. The number of likely N-dealkylation sites (tertiary alicyclic amines) is 1. The number of nitro benzene ring substituents is 1. The smallest absolute Gasteiger partial charge is 0.339 e. The minimum atomic E-state index is -1.23. The SMILES string of the molecule is CN1CCC(Oc2ccc([N+](=O)[O-])cc2C(=O)O)CC1. The number of rotatable bonds is 4. The number of hydrogen-bond donors (Lipinski definition) is 1. The van der Waals surface area contributed by atoms with Gasteiger partial charge in [0.15, 0.2) is 0 Å². The van der Waals surface area contributed by atoms with Crippen LogP contribution in [0, 0.1) is 10.1 Å². The van der Waals surface area contributed by atoms with Gasteiger partial charge in [-0.1, -0.05) is 0 Å². The van der Waals surface area contributed by atoms with Gasteiger partial charge in [0.2, 0.25) is 0 Å². The first-order valence-electron chi connectivity index (χ1n) is 6.34. The summed E-state index contributed by atoms with van der Waals surface area (Å²) in [5, 5.41) is 19.8. The van der Waals surface area contributed by atoms with Crippen LogP contribution in [-0.2, 0) is 0 Å². The van der Waals surface area contributed by atoms with E-state index in [4.69, 9.17) is 9.84 Å². The van der Waals surface area contributed by atoms with Gasteiger partial charge in [0.05, 0.1) is 4.92 Å². The zero-order chi connectivity index (χ0) is 14.7. The van der Waals surface area contributed by atoms with Gasteiger partial charge in [0.1, 0.15) is 17.4 Å². The Morgan fingerprint density at radius 1 is 1.45 bits per heavy atom. The highest BCUT2D eigenvalue weighted by molar-refractivity contribution is 5.91. The van der Waals surface area contributed by atoms with Crippen LogP contribution in [-0.4, -0.2) is 47.1 Å². The second-order valence-electron chi connectivity index (χ2n) is 4.86. The van der Waals surface area contributed by atoms with Crippen molar-refractivity contribution in [3.05, 3.63) is 33.9 Å². The van der Waals surface area contributed by atoms with E-state index in [1.165, 1.54) is 12.1 Å². The number of nitrogens with zero attached hydrogens (tertiary/aromatic N) is 2. The van der Waals surface area contributed by atoms with Crippen LogP contribution in [0.2, 0.25) is 0 Å². The largest absolute Gasteiger partial charge is 0.489 e. The minimum Gasteiger partial charge on any atom is -0.489 e. The number of aromatic carboxylic acids is 1. The number of hydrogen-bond acceptors (Lipinski definition) is 5. The van der Waals surface area contributed by atoms with E-state index in [0.29, 0.717) is 0 Å². The van der Waals surface area contributed by atoms with E-state index in [9.17, 15) is 14.9 Å². The summed E-state index contributed by atoms with van der Waals surface area (Å²) < 4.78 is 5.70. The van der Waals surface area contributed by atoms with Crippen LogP contribution in [0.4, 0.5) is 5.69 Å². The maximum Gasteiger partial charge on any atom is 0.339 e. The molecule has 0 atom stereocenters. The van der Waals surface area contributed by atoms with Gasteiger partial charge >= 0.3 is 5.97 Å². The van der Waals surface area contributed by atoms with Gasteiger partial charge in [-0.25, -0.2) is 4.79 Å². The molecule has 1 aromatic carbocycles. The first-order valence-corrected chi connectivity index (χ1v) is 6.34. The summed E-state index contributed by atoms with van der Waals surface area (Å²) in [7, 11) is 2.02. The minimum absolute atomic E-state index is 0.0502. The van der Waals surface area contributed by atoms with E-state index in [1.807, 2.05) is 7.05 Å². The molecule has 0 amide bonds. The van der Waals surface area contributed by atoms with Gasteiger partial charge in [-0.2, -0.15) is 0 Å². The fourth-order valence-corrected chi connectivity index (χ4v) is 2.18. The Balaban J connectivity index is 2.18. The molecule has 0 aromatic heterocycles. The summed E-state index contributed by atoms with van der Waals surface area (Å²) in [5.41, 5.74) is -0.420. The highest BCUT2D eigenvalue weighted by Crippen LogP contribution is 2.27. The molecule has 0 saturated carbocycles. The van der Waals surface area contributed by atoms with Gasteiger partial charge in [0, 0.05) is 25.2 Å². The fourth-order valence-electron chi connectivity index (χ4n) is 2.18. The molecule has 0 spiro atoms. The molecule has 1 aliphatic heterocycles. The third-order valence-electron chi connectivity index (χ3n) is 3.36. The van der Waals surface area contributed by atoms with Crippen LogP contribution in [0.25, 0.3) is 0 Å². The quantitative estimate of drug-likeness (QED) is 0.667. The van der Waals surface area contributed by atoms with Crippen LogP contribution in [0.15, 0.2) is 18.2 Å². The number of carboxylic acids is 1. The zero-order valence-corrected chi connectivity index (χ0v) is 11.1. The maximum atomic E-state index is 11.2. The lowest BCUT2D eigenvalue weighted by molar-refractivity contribution is -0.384. The monoisotopic (exact) mass is 280 g/mol. The van der Waals surface area contributed by atoms with Crippen molar-refractivity contribution in [3.63, 3.8) is 0 Å². The summed E-state index contributed by atoms with van der Waals surface area (Å²) in [5.74, 6) is -1.03. The van der Waals surface area contributed by atoms with Gasteiger partial charge in [-0.3, -0.25) is 10.1 Å². The molecule has 20 heavy (non-hydrogen) atoms. The van der Waals surface area contributed by atoms with Crippen LogP contribution in [0.1, 0.15) is 23.2 Å². The van der Waals surface area contributed by atoms with Crippen molar-refractivity contribution in [1.29, 1.82) is 0 Å². The number of carboxylic acid groups (broad SMARTS) is 1. The number of benzene rings is 1. The molecule has 1 N–H and O–H groups in total. The number of piperidine rings is 1. The molecule has 1 saturated heterocycles. The molecule has 0 radical (unpaired) electrons. The number of carbonyl (C=O) groups is 1. The Labute approximate surface area is 115 Å². The summed E-state index contributed by atoms with van der Waals surface area (Å²) in [6.07, 6.45) is 1.57. The van der Waals surface area contributed by atoms with E-state index < -0.39 is 10.9 Å². The van der Waals surface area contributed by atoms with Crippen molar-refractivity contribution in [2.24, 2.45) is 0 Å². The normalized spacial score (nSPS) is 16.9. The van der Waals surface area contributed by atoms with Crippen LogP contribution < -0.4 is 4.74 Å². The average Bonchev–Trinajstić information content (AvgIpc) is 2.41. The van der Waals surface area contributed by atoms with E-state index >= 15 is 0 Å². The number of nitro groups is 1. The summed E-state index contributed by atoms with van der Waals surface area (Å²) in [6, 6.07) is 3.66. The van der Waals surface area contributed by atoms with Gasteiger partial charge < -0.3 is 14.7 Å². The van der Waals surface area contributed by atoms with E-state index in [1.54, 1.807) is 0 Å². The van der Waals surface area contributed by atoms with Crippen LogP contribution in [0.3, 0.4) is 0 Å². The molecule has 1 aromatic rings. The van der Waals surface area contributed by atoms with Crippen molar-refractivity contribution >= 4 is 11.7 Å². The molecule has 1 fully saturated rings.